The maximum atomic E-state index is 13.2. The van der Waals surface area contributed by atoms with Crippen molar-refractivity contribution in [2.45, 2.75) is 6.61 Å². The fourth-order valence-electron chi connectivity index (χ4n) is 2.29. The van der Waals surface area contributed by atoms with Gasteiger partial charge < -0.3 is 9.84 Å². The second-order valence-electron chi connectivity index (χ2n) is 5.31. The van der Waals surface area contributed by atoms with Crippen LogP contribution in [0.5, 0.6) is 5.75 Å². The minimum Gasteiger partial charge on any atom is -0.488 e. The lowest BCUT2D eigenvalue weighted by Crippen LogP contribution is -2.02. The van der Waals surface area contributed by atoms with Crippen LogP contribution >= 0.6 is 0 Å². The largest absolute Gasteiger partial charge is 0.488 e. The van der Waals surface area contributed by atoms with E-state index in [1.807, 2.05) is 6.07 Å². The lowest BCUT2D eigenvalue weighted by atomic mass is 10.1. The summed E-state index contributed by atoms with van der Waals surface area (Å²) in [6.07, 6.45) is 1.34. The Hall–Kier alpha value is -3.79. The molecule has 0 aliphatic rings. The first-order valence-corrected chi connectivity index (χ1v) is 7.55. The number of carbonyl (C=O) groups is 1. The number of hydrogen-bond acceptors (Lipinski definition) is 5. The molecule has 0 bridgehead atoms. The van der Waals surface area contributed by atoms with Gasteiger partial charge in [-0.25, -0.2) is 19.2 Å². The minimum atomic E-state index is -1.16. The van der Waals surface area contributed by atoms with Crippen molar-refractivity contribution in [2.24, 2.45) is 0 Å². The van der Waals surface area contributed by atoms with Gasteiger partial charge in [0.15, 0.2) is 11.5 Å². The summed E-state index contributed by atoms with van der Waals surface area (Å²) in [5, 5.41) is 18.4. The third-order valence-electron chi connectivity index (χ3n) is 3.52. The van der Waals surface area contributed by atoms with E-state index in [-0.39, 0.29) is 29.5 Å². The molecule has 0 amide bonds. The Labute approximate surface area is 148 Å². The van der Waals surface area contributed by atoms with Crippen LogP contribution in [0.3, 0.4) is 0 Å². The van der Waals surface area contributed by atoms with Crippen molar-refractivity contribution in [3.8, 4) is 23.2 Å². The number of hydrogen-bond donors (Lipinski definition) is 1. The third-order valence-corrected chi connectivity index (χ3v) is 3.52. The number of aromatic carboxylic acids is 1. The topological polar surface area (TPSA) is 96.1 Å². The molecule has 0 saturated heterocycles. The standard InChI is InChI=1S/C19H12FN3O3/c20-15-3-1-2-12(8-15)11-26-17-5-4-13(9-14(17)10-21)18-22-7-6-16(23-18)19(24)25/h1-9H,11H2,(H,24,25). The third kappa shape index (κ3) is 3.82. The van der Waals surface area contributed by atoms with Crippen LogP contribution in [0.15, 0.2) is 54.7 Å². The molecule has 0 radical (unpaired) electrons. The van der Waals surface area contributed by atoms with Gasteiger partial charge in [0, 0.05) is 11.8 Å². The van der Waals surface area contributed by atoms with E-state index in [1.165, 1.54) is 30.5 Å². The summed E-state index contributed by atoms with van der Waals surface area (Å²) < 4.78 is 18.8. The van der Waals surface area contributed by atoms with Gasteiger partial charge in [0.25, 0.3) is 0 Å². The summed E-state index contributed by atoms with van der Waals surface area (Å²) in [6.45, 7) is 0.108. The van der Waals surface area contributed by atoms with Crippen molar-refractivity contribution in [1.29, 1.82) is 5.26 Å². The summed E-state index contributed by atoms with van der Waals surface area (Å²) in [6, 6.07) is 14.0. The van der Waals surface area contributed by atoms with Crippen LogP contribution in [0.1, 0.15) is 21.6 Å². The molecule has 0 aliphatic heterocycles. The fraction of sp³-hybridized carbons (Fsp3) is 0.0526. The lowest BCUT2D eigenvalue weighted by Gasteiger charge is -2.09. The second kappa shape index (κ2) is 7.40. The van der Waals surface area contributed by atoms with Gasteiger partial charge in [0.2, 0.25) is 0 Å². The molecule has 1 N–H and O–H groups in total. The molecule has 3 rings (SSSR count). The van der Waals surface area contributed by atoms with Gasteiger partial charge in [-0.05, 0) is 42.0 Å². The van der Waals surface area contributed by atoms with Gasteiger partial charge in [-0.3, -0.25) is 0 Å². The molecule has 2 aromatic carbocycles. The summed E-state index contributed by atoms with van der Waals surface area (Å²) in [5.41, 5.74) is 1.22. The zero-order chi connectivity index (χ0) is 18.5. The summed E-state index contributed by atoms with van der Waals surface area (Å²) >= 11 is 0. The maximum Gasteiger partial charge on any atom is 0.354 e. The molecule has 0 aliphatic carbocycles. The predicted octanol–water partition coefficient (Wildman–Crippen LogP) is 3.43. The molecule has 0 atom stereocenters. The minimum absolute atomic E-state index is 0.108. The Balaban J connectivity index is 1.85. The van der Waals surface area contributed by atoms with Crippen LogP contribution in [-0.4, -0.2) is 21.0 Å². The van der Waals surface area contributed by atoms with Gasteiger partial charge in [0.05, 0.1) is 5.56 Å². The van der Waals surface area contributed by atoms with Crippen molar-refractivity contribution >= 4 is 5.97 Å². The molecular weight excluding hydrogens is 337 g/mol. The summed E-state index contributed by atoms with van der Waals surface area (Å²) in [7, 11) is 0. The van der Waals surface area contributed by atoms with Gasteiger partial charge in [-0.2, -0.15) is 5.26 Å². The molecule has 3 aromatic rings. The van der Waals surface area contributed by atoms with E-state index in [1.54, 1.807) is 24.3 Å². The van der Waals surface area contributed by atoms with Gasteiger partial charge in [-0.1, -0.05) is 12.1 Å². The smallest absolute Gasteiger partial charge is 0.354 e. The van der Waals surface area contributed by atoms with Crippen molar-refractivity contribution in [3.05, 3.63) is 77.4 Å². The van der Waals surface area contributed by atoms with E-state index in [0.717, 1.165) is 0 Å². The number of aromatic nitrogens is 2. The molecule has 26 heavy (non-hydrogen) atoms. The van der Waals surface area contributed by atoms with Gasteiger partial charge in [-0.15, -0.1) is 0 Å². The lowest BCUT2D eigenvalue weighted by molar-refractivity contribution is 0.0690. The highest BCUT2D eigenvalue weighted by atomic mass is 19.1. The Bertz CT molecular complexity index is 1010. The first kappa shape index (κ1) is 17.0. The zero-order valence-electron chi connectivity index (χ0n) is 13.4. The number of benzene rings is 2. The first-order chi connectivity index (χ1) is 12.6. The molecule has 0 unspecified atom stereocenters. The number of ether oxygens (including phenoxy) is 1. The van der Waals surface area contributed by atoms with Crippen molar-refractivity contribution in [2.75, 3.05) is 0 Å². The summed E-state index contributed by atoms with van der Waals surface area (Å²) in [5.74, 6) is -1.01. The molecule has 0 saturated carbocycles. The van der Waals surface area contributed by atoms with Crippen molar-refractivity contribution in [1.82, 2.24) is 9.97 Å². The molecule has 128 valence electrons. The van der Waals surface area contributed by atoms with E-state index in [4.69, 9.17) is 9.84 Å². The average Bonchev–Trinajstić information content (AvgIpc) is 2.66. The Kier molecular flexibility index (Phi) is 4.85. The average molecular weight is 349 g/mol. The van der Waals surface area contributed by atoms with Crippen LogP contribution in [0.2, 0.25) is 0 Å². The van der Waals surface area contributed by atoms with Crippen molar-refractivity contribution < 1.29 is 19.0 Å². The highest BCUT2D eigenvalue weighted by molar-refractivity contribution is 5.85. The molecule has 6 nitrogen and oxygen atoms in total. The van der Waals surface area contributed by atoms with E-state index in [0.29, 0.717) is 16.9 Å². The van der Waals surface area contributed by atoms with Crippen LogP contribution in [0.25, 0.3) is 11.4 Å². The molecule has 1 aromatic heterocycles. The SMILES string of the molecule is N#Cc1cc(-c2nccc(C(=O)O)n2)ccc1OCc1cccc(F)c1. The monoisotopic (exact) mass is 349 g/mol. The number of halogens is 1. The van der Waals surface area contributed by atoms with Crippen LogP contribution in [0, 0.1) is 17.1 Å². The number of nitrogens with zero attached hydrogens (tertiary/aromatic N) is 3. The van der Waals surface area contributed by atoms with Crippen LogP contribution in [-0.2, 0) is 6.61 Å². The van der Waals surface area contributed by atoms with Gasteiger partial charge >= 0.3 is 5.97 Å². The Morgan fingerprint density at radius 3 is 2.81 bits per heavy atom. The van der Waals surface area contributed by atoms with E-state index in [9.17, 15) is 14.4 Å². The Morgan fingerprint density at radius 1 is 1.23 bits per heavy atom. The Morgan fingerprint density at radius 2 is 2.08 bits per heavy atom. The quantitative estimate of drug-likeness (QED) is 0.758. The predicted molar refractivity (Wildman–Crippen MR) is 89.9 cm³/mol. The summed E-state index contributed by atoms with van der Waals surface area (Å²) in [4.78, 5) is 19.0. The second-order valence-corrected chi connectivity index (χ2v) is 5.31. The highest BCUT2D eigenvalue weighted by Crippen LogP contribution is 2.25. The number of carboxylic acid groups (broad SMARTS) is 1. The number of rotatable bonds is 5. The molecule has 0 fully saturated rings. The maximum absolute atomic E-state index is 13.2. The van der Waals surface area contributed by atoms with Crippen LogP contribution < -0.4 is 4.74 Å². The van der Waals surface area contributed by atoms with Gasteiger partial charge in [0.1, 0.15) is 24.2 Å². The van der Waals surface area contributed by atoms with Crippen LogP contribution in [0.4, 0.5) is 4.39 Å². The van der Waals surface area contributed by atoms with E-state index < -0.39 is 5.97 Å². The van der Waals surface area contributed by atoms with E-state index in [2.05, 4.69) is 9.97 Å². The molecule has 1 heterocycles. The van der Waals surface area contributed by atoms with Crippen molar-refractivity contribution in [3.63, 3.8) is 0 Å². The number of nitriles is 1. The normalized spacial score (nSPS) is 10.2. The molecule has 0 spiro atoms. The first-order valence-electron chi connectivity index (χ1n) is 7.55. The van der Waals surface area contributed by atoms with E-state index >= 15 is 0 Å². The number of carboxylic acids is 1. The highest BCUT2D eigenvalue weighted by Gasteiger charge is 2.11. The molecule has 7 heteroatoms. The molecular formula is C19H12FN3O3. The fourth-order valence-corrected chi connectivity index (χ4v) is 2.29. The zero-order valence-corrected chi connectivity index (χ0v) is 13.4.